The first kappa shape index (κ1) is 71.0. The fourth-order valence-corrected chi connectivity index (χ4v) is 19.1. The van der Waals surface area contributed by atoms with Crippen molar-refractivity contribution in [2.45, 2.75) is 0 Å². The molecular weight excluding hydrogens is 1450 g/mol. The summed E-state index contributed by atoms with van der Waals surface area (Å²) < 4.78 is 21.5. The van der Waals surface area contributed by atoms with Crippen LogP contribution in [0.5, 0.6) is 0 Å². The van der Waals surface area contributed by atoms with Crippen LogP contribution in [0.15, 0.2) is 459 Å². The summed E-state index contributed by atoms with van der Waals surface area (Å²) in [7, 11) is 0. The second-order valence-corrected chi connectivity index (χ2v) is 31.2. The van der Waals surface area contributed by atoms with Crippen LogP contribution in [-0.4, -0.2) is 0 Å². The first-order valence-corrected chi connectivity index (χ1v) is 41.2. The van der Waals surface area contributed by atoms with Gasteiger partial charge in [-0.25, -0.2) is 4.39 Å². The lowest BCUT2D eigenvalue weighted by Crippen LogP contribution is -1.93. The van der Waals surface area contributed by atoms with Crippen molar-refractivity contribution < 1.29 is 8.81 Å². The maximum atomic E-state index is 14.8. The molecule has 24 aromatic rings. The number of furan rings is 1. The summed E-state index contributed by atoms with van der Waals surface area (Å²) in [4.78, 5) is 0. The van der Waals surface area contributed by atoms with E-state index >= 15 is 0 Å². The van der Waals surface area contributed by atoms with Crippen LogP contribution >= 0.6 is 0 Å². The lowest BCUT2D eigenvalue weighted by molar-refractivity contribution is 0.630. The number of benzene rings is 23. The van der Waals surface area contributed by atoms with E-state index in [4.69, 9.17) is 4.42 Å². The van der Waals surface area contributed by atoms with Crippen molar-refractivity contribution in [2.75, 3.05) is 0 Å². The molecule has 1 nitrogen and oxygen atoms in total. The minimum atomic E-state index is -0.223. The molecule has 0 fully saturated rings. The van der Waals surface area contributed by atoms with Crippen molar-refractivity contribution in [3.63, 3.8) is 0 Å². The number of rotatable bonds is 9. The third kappa shape index (κ3) is 12.5. The van der Waals surface area contributed by atoms with E-state index in [9.17, 15) is 4.39 Å². The van der Waals surface area contributed by atoms with Crippen LogP contribution in [-0.2, 0) is 0 Å². The lowest BCUT2D eigenvalue weighted by Gasteiger charge is -2.20. The van der Waals surface area contributed by atoms with Crippen LogP contribution in [0.2, 0.25) is 0 Å². The highest BCUT2D eigenvalue weighted by atomic mass is 19.1. The quantitative estimate of drug-likeness (QED) is 0.131. The van der Waals surface area contributed by atoms with Gasteiger partial charge in [0.1, 0.15) is 17.0 Å². The highest BCUT2D eigenvalue weighted by Gasteiger charge is 2.26. The molecule has 2 heteroatoms. The third-order valence-corrected chi connectivity index (χ3v) is 24.4. The Hall–Kier alpha value is -15.6. The Bertz CT molecular complexity index is 8030. The van der Waals surface area contributed by atoms with Gasteiger partial charge >= 0.3 is 0 Å². The van der Waals surface area contributed by atoms with E-state index in [1.54, 1.807) is 12.1 Å². The predicted molar refractivity (Wildman–Crippen MR) is 511 cm³/mol. The summed E-state index contributed by atoms with van der Waals surface area (Å²) in [5, 5.41) is 26.4. The van der Waals surface area contributed by atoms with Crippen LogP contribution in [0, 0.1) is 5.82 Å². The van der Waals surface area contributed by atoms with Gasteiger partial charge in [-0.1, -0.05) is 400 Å². The Kier molecular flexibility index (Phi) is 17.9. The molecule has 0 saturated carbocycles. The summed E-state index contributed by atoms with van der Waals surface area (Å²) >= 11 is 0. The van der Waals surface area contributed by atoms with E-state index in [2.05, 4.69) is 437 Å². The van der Waals surface area contributed by atoms with Crippen LogP contribution in [0.25, 0.3) is 230 Å². The molecule has 24 rings (SSSR count). The van der Waals surface area contributed by atoms with Crippen LogP contribution in [0.3, 0.4) is 0 Å². The smallest absolute Gasteiger partial charge is 0.136 e. The maximum Gasteiger partial charge on any atom is 0.136 e. The number of halogens is 1. The van der Waals surface area contributed by atoms with Crippen molar-refractivity contribution in [1.29, 1.82) is 0 Å². The lowest BCUT2D eigenvalue weighted by atomic mass is 9.83. The average molecular weight is 1530 g/mol. The molecular formula is C118H75FO. The molecule has 0 N–H and O–H groups in total. The van der Waals surface area contributed by atoms with E-state index in [0.717, 1.165) is 60.4 Å². The SMILES string of the molecule is Fc1ccc2c(-c3ccc4ccccc4c3)c3ccccc3c(-c3cccc4ccccc34)c2c1.c1ccc(-c2c3ccccc3c(-c3ccc4ccccc4c3)c3ccccc23)cc1.c1ccc(-c2ccc3oc4ccc(-c5ccccc5)c(-c5cc(-c6c7ccccc7c(-c7ccccc7)c7ccccc67)cc6ccccc56)c4c3c2)cc1. The molecule has 0 bridgehead atoms. The molecule has 560 valence electrons. The third-order valence-electron chi connectivity index (χ3n) is 24.4. The van der Waals surface area contributed by atoms with Crippen molar-refractivity contribution in [3.8, 4) is 100 Å². The summed E-state index contributed by atoms with van der Waals surface area (Å²) in [6, 6.07) is 162. The topological polar surface area (TPSA) is 13.1 Å². The molecule has 0 atom stereocenters. The van der Waals surface area contributed by atoms with Crippen molar-refractivity contribution >= 4 is 130 Å². The van der Waals surface area contributed by atoms with E-state index in [1.807, 2.05) is 6.07 Å². The van der Waals surface area contributed by atoms with Crippen LogP contribution < -0.4 is 0 Å². The average Bonchev–Trinajstić information content (AvgIpc) is 1.17. The number of fused-ring (bicyclic) bond motifs is 13. The highest BCUT2D eigenvalue weighted by Crippen LogP contribution is 2.52. The Morgan fingerprint density at radius 3 is 0.983 bits per heavy atom. The zero-order valence-electron chi connectivity index (χ0n) is 65.6. The van der Waals surface area contributed by atoms with Gasteiger partial charge in [-0.15, -0.1) is 0 Å². The largest absolute Gasteiger partial charge is 0.456 e. The number of hydrogen-bond acceptors (Lipinski definition) is 1. The summed E-state index contributed by atoms with van der Waals surface area (Å²) in [5.74, 6) is -0.223. The zero-order chi connectivity index (χ0) is 79.6. The van der Waals surface area contributed by atoms with Gasteiger partial charge in [0.25, 0.3) is 0 Å². The van der Waals surface area contributed by atoms with Crippen LogP contribution in [0.4, 0.5) is 4.39 Å². The van der Waals surface area contributed by atoms with Gasteiger partial charge in [0.05, 0.1) is 0 Å². The van der Waals surface area contributed by atoms with E-state index in [-0.39, 0.29) is 5.82 Å². The van der Waals surface area contributed by atoms with Gasteiger partial charge in [-0.3, -0.25) is 0 Å². The molecule has 1 heterocycles. The standard InChI is InChI=1S/C54H34O.C34H21F.C30H20/c1-4-16-35(17-5-1)38-28-30-49-48(33-38)54-50(55-49)31-29-42(36-18-6-2-7-19-36)53(54)47-34-40(32-39-22-10-11-23-41(39)47)52-45-26-14-12-24-43(45)51(37-20-8-3-9-21-37)44-25-13-15-27-46(44)52;35-26-18-19-31-32(21-26)34(28-15-7-11-23-9-3-4-12-27(23)28)30-14-6-5-13-29(30)33(31)25-17-16-22-8-1-2-10-24(22)20-25;1-2-11-22(12-3-1)29-25-14-6-8-16-27(25)30(28-17-9-7-15-26(28)29)24-19-18-21-10-4-5-13-23(21)20-24/h1-34H;1-21H;1-20H. The van der Waals surface area contributed by atoms with Gasteiger partial charge in [0.15, 0.2) is 0 Å². The van der Waals surface area contributed by atoms with Crippen molar-refractivity contribution in [3.05, 3.63) is 461 Å². The highest BCUT2D eigenvalue weighted by molar-refractivity contribution is 6.27. The molecule has 0 aliphatic heterocycles. The molecule has 23 aromatic carbocycles. The predicted octanol–water partition coefficient (Wildman–Crippen LogP) is 33.6. The van der Waals surface area contributed by atoms with Gasteiger partial charge in [-0.2, -0.15) is 0 Å². The molecule has 0 saturated heterocycles. The summed E-state index contributed by atoms with van der Waals surface area (Å²) in [5.41, 5.74) is 23.4. The zero-order valence-corrected chi connectivity index (χ0v) is 65.6. The molecule has 0 aliphatic carbocycles. The minimum absolute atomic E-state index is 0.223. The van der Waals surface area contributed by atoms with E-state index in [0.29, 0.717) is 0 Å². The first-order valence-electron chi connectivity index (χ1n) is 41.2. The summed E-state index contributed by atoms with van der Waals surface area (Å²) in [6.45, 7) is 0. The molecule has 0 spiro atoms. The number of hydrogen-bond donors (Lipinski definition) is 0. The molecule has 0 radical (unpaired) electrons. The Morgan fingerprint density at radius 1 is 0.142 bits per heavy atom. The van der Waals surface area contributed by atoms with E-state index < -0.39 is 0 Å². The van der Waals surface area contributed by atoms with Gasteiger partial charge in [0, 0.05) is 16.3 Å². The molecule has 0 unspecified atom stereocenters. The Balaban J connectivity index is 0.000000115. The minimum Gasteiger partial charge on any atom is -0.456 e. The fraction of sp³-hybridized carbons (Fsp3) is 0. The fourth-order valence-electron chi connectivity index (χ4n) is 19.1. The van der Waals surface area contributed by atoms with Gasteiger partial charge in [0.2, 0.25) is 0 Å². The molecule has 120 heavy (non-hydrogen) atoms. The molecule has 1 aromatic heterocycles. The Labute approximate surface area is 694 Å². The first-order chi connectivity index (χ1) is 59.5. The maximum absolute atomic E-state index is 14.8. The van der Waals surface area contributed by atoms with Gasteiger partial charge < -0.3 is 4.42 Å². The second kappa shape index (κ2) is 30.2. The van der Waals surface area contributed by atoms with E-state index in [1.165, 1.54) is 169 Å². The van der Waals surface area contributed by atoms with Crippen molar-refractivity contribution in [2.24, 2.45) is 0 Å². The second-order valence-electron chi connectivity index (χ2n) is 31.2. The monoisotopic (exact) mass is 1530 g/mol. The van der Waals surface area contributed by atoms with Crippen molar-refractivity contribution in [1.82, 2.24) is 0 Å². The summed E-state index contributed by atoms with van der Waals surface area (Å²) in [6.07, 6.45) is 0. The van der Waals surface area contributed by atoms with Crippen LogP contribution in [0.1, 0.15) is 0 Å². The normalized spacial score (nSPS) is 11.5. The molecule has 0 aliphatic rings. The Morgan fingerprint density at radius 2 is 0.492 bits per heavy atom. The molecule has 0 amide bonds. The van der Waals surface area contributed by atoms with Gasteiger partial charge in [-0.05, 0) is 257 Å².